The second-order valence-electron chi connectivity index (χ2n) is 3.69. The molecule has 0 aliphatic carbocycles. The number of rotatable bonds is 4. The fourth-order valence-corrected chi connectivity index (χ4v) is 1.35. The summed E-state index contributed by atoms with van der Waals surface area (Å²) >= 11 is 4.96. The Morgan fingerprint density at radius 2 is 1.94 bits per heavy atom. The van der Waals surface area contributed by atoms with Gasteiger partial charge in [0, 0.05) is 19.2 Å². The van der Waals surface area contributed by atoms with E-state index in [9.17, 15) is 4.79 Å². The molecule has 0 heterocycles. The van der Waals surface area contributed by atoms with Crippen LogP contribution in [-0.2, 0) is 4.74 Å². The number of thiocarbonyl (C=S) groups is 1. The molecule has 1 aromatic rings. The normalized spacial score (nSPS) is 9.67. The average molecular weight is 267 g/mol. The highest BCUT2D eigenvalue weighted by Crippen LogP contribution is 2.01. The van der Waals surface area contributed by atoms with Crippen molar-refractivity contribution in [1.29, 1.82) is 0 Å². The Morgan fingerprint density at radius 1 is 1.28 bits per heavy atom. The van der Waals surface area contributed by atoms with Crippen LogP contribution in [0.2, 0.25) is 0 Å². The molecule has 0 saturated heterocycles. The van der Waals surface area contributed by atoms with Crippen molar-refractivity contribution in [2.45, 2.75) is 6.92 Å². The van der Waals surface area contributed by atoms with Gasteiger partial charge in [-0.3, -0.25) is 15.6 Å². The number of nitrogens with one attached hydrogen (secondary N) is 3. The molecular formula is C12H17N3O2S. The standard InChI is InChI=1S/C12H17N3O2S/c1-9-3-5-10(6-4-9)11(16)14-15-12(18)13-7-8-17-2/h3-6H,7-8H2,1-2H3,(H,14,16)(H2,13,15,18). The Balaban J connectivity index is 2.32. The van der Waals surface area contributed by atoms with Crippen LogP contribution < -0.4 is 16.2 Å². The van der Waals surface area contributed by atoms with Crippen LogP contribution in [-0.4, -0.2) is 31.3 Å². The molecular weight excluding hydrogens is 250 g/mol. The maximum atomic E-state index is 11.7. The Bertz CT molecular complexity index is 406. The first kappa shape index (κ1) is 14.4. The van der Waals surface area contributed by atoms with E-state index in [1.54, 1.807) is 19.2 Å². The number of hydrogen-bond acceptors (Lipinski definition) is 3. The van der Waals surface area contributed by atoms with Crippen molar-refractivity contribution in [3.05, 3.63) is 35.4 Å². The molecule has 0 aliphatic rings. The summed E-state index contributed by atoms with van der Waals surface area (Å²) in [4.78, 5) is 11.7. The van der Waals surface area contributed by atoms with Crippen LogP contribution in [0.5, 0.6) is 0 Å². The Hall–Kier alpha value is -1.66. The van der Waals surface area contributed by atoms with Crippen LogP contribution in [0.4, 0.5) is 0 Å². The molecule has 18 heavy (non-hydrogen) atoms. The molecule has 1 aromatic carbocycles. The van der Waals surface area contributed by atoms with Crippen molar-refractivity contribution < 1.29 is 9.53 Å². The van der Waals surface area contributed by atoms with Crippen molar-refractivity contribution in [3.8, 4) is 0 Å². The quantitative estimate of drug-likeness (QED) is 0.427. The Labute approximate surface area is 112 Å². The number of amides is 1. The summed E-state index contributed by atoms with van der Waals surface area (Å²) in [5, 5.41) is 3.23. The monoisotopic (exact) mass is 267 g/mol. The smallest absolute Gasteiger partial charge is 0.269 e. The second kappa shape index (κ2) is 7.62. The molecule has 0 bridgehead atoms. The van der Waals surface area contributed by atoms with Gasteiger partial charge in [-0.15, -0.1) is 0 Å². The zero-order valence-electron chi connectivity index (χ0n) is 10.4. The zero-order valence-corrected chi connectivity index (χ0v) is 11.3. The van der Waals surface area contributed by atoms with E-state index in [0.29, 0.717) is 23.8 Å². The van der Waals surface area contributed by atoms with E-state index in [-0.39, 0.29) is 5.91 Å². The summed E-state index contributed by atoms with van der Waals surface area (Å²) in [6.45, 7) is 3.10. The van der Waals surface area contributed by atoms with Gasteiger partial charge in [0.15, 0.2) is 5.11 Å². The lowest BCUT2D eigenvalue weighted by Crippen LogP contribution is -2.47. The summed E-state index contributed by atoms with van der Waals surface area (Å²) in [6, 6.07) is 7.27. The average Bonchev–Trinajstić information content (AvgIpc) is 2.37. The molecule has 0 fully saturated rings. The number of aryl methyl sites for hydroxylation is 1. The Morgan fingerprint density at radius 3 is 2.56 bits per heavy atom. The largest absolute Gasteiger partial charge is 0.383 e. The summed E-state index contributed by atoms with van der Waals surface area (Å²) in [5.74, 6) is -0.231. The van der Waals surface area contributed by atoms with E-state index in [2.05, 4.69) is 16.2 Å². The molecule has 0 aliphatic heterocycles. The van der Waals surface area contributed by atoms with Crippen LogP contribution in [0.25, 0.3) is 0 Å². The number of ether oxygens (including phenoxy) is 1. The van der Waals surface area contributed by atoms with Crippen molar-refractivity contribution in [2.75, 3.05) is 20.3 Å². The third kappa shape index (κ3) is 5.11. The van der Waals surface area contributed by atoms with Gasteiger partial charge in [0.05, 0.1) is 6.61 Å². The minimum Gasteiger partial charge on any atom is -0.383 e. The van der Waals surface area contributed by atoms with Crippen molar-refractivity contribution in [1.82, 2.24) is 16.2 Å². The van der Waals surface area contributed by atoms with Crippen LogP contribution in [0.3, 0.4) is 0 Å². The van der Waals surface area contributed by atoms with Gasteiger partial charge in [0.2, 0.25) is 0 Å². The lowest BCUT2D eigenvalue weighted by atomic mass is 10.1. The maximum Gasteiger partial charge on any atom is 0.269 e. The third-order valence-corrected chi connectivity index (χ3v) is 2.44. The number of benzene rings is 1. The van der Waals surface area contributed by atoms with Gasteiger partial charge in [-0.05, 0) is 31.3 Å². The van der Waals surface area contributed by atoms with Gasteiger partial charge < -0.3 is 10.1 Å². The first-order chi connectivity index (χ1) is 8.63. The van der Waals surface area contributed by atoms with Crippen molar-refractivity contribution >= 4 is 23.2 Å². The Kier molecular flexibility index (Phi) is 6.10. The van der Waals surface area contributed by atoms with Crippen LogP contribution in [0.15, 0.2) is 24.3 Å². The molecule has 0 radical (unpaired) electrons. The van der Waals surface area contributed by atoms with Crippen LogP contribution in [0, 0.1) is 6.92 Å². The molecule has 1 rings (SSSR count). The van der Waals surface area contributed by atoms with Crippen molar-refractivity contribution in [2.24, 2.45) is 0 Å². The topological polar surface area (TPSA) is 62.4 Å². The number of hydrogen-bond donors (Lipinski definition) is 3. The fraction of sp³-hybridized carbons (Fsp3) is 0.333. The molecule has 0 atom stereocenters. The van der Waals surface area contributed by atoms with E-state index in [0.717, 1.165) is 5.56 Å². The van der Waals surface area contributed by atoms with Gasteiger partial charge in [0.25, 0.3) is 5.91 Å². The van der Waals surface area contributed by atoms with E-state index < -0.39 is 0 Å². The van der Waals surface area contributed by atoms with E-state index in [1.807, 2.05) is 19.1 Å². The first-order valence-electron chi connectivity index (χ1n) is 5.53. The SMILES string of the molecule is COCCNC(=S)NNC(=O)c1ccc(C)cc1. The molecule has 98 valence electrons. The summed E-state index contributed by atoms with van der Waals surface area (Å²) in [5.41, 5.74) is 6.82. The van der Waals surface area contributed by atoms with Gasteiger partial charge in [-0.2, -0.15) is 0 Å². The minimum absolute atomic E-state index is 0.231. The lowest BCUT2D eigenvalue weighted by molar-refractivity contribution is 0.0943. The molecule has 1 amide bonds. The highest BCUT2D eigenvalue weighted by atomic mass is 32.1. The van der Waals surface area contributed by atoms with Gasteiger partial charge in [0.1, 0.15) is 0 Å². The highest BCUT2D eigenvalue weighted by Gasteiger charge is 2.04. The molecule has 0 aromatic heterocycles. The number of carbonyl (C=O) groups excluding carboxylic acids is 1. The first-order valence-corrected chi connectivity index (χ1v) is 5.94. The molecule has 6 heteroatoms. The van der Waals surface area contributed by atoms with Crippen LogP contribution >= 0.6 is 12.2 Å². The predicted molar refractivity (Wildman–Crippen MR) is 74.3 cm³/mol. The minimum atomic E-state index is -0.231. The maximum absolute atomic E-state index is 11.7. The highest BCUT2D eigenvalue weighted by molar-refractivity contribution is 7.80. The molecule has 0 saturated carbocycles. The lowest BCUT2D eigenvalue weighted by Gasteiger charge is -2.11. The van der Waals surface area contributed by atoms with Gasteiger partial charge in [-0.25, -0.2) is 0 Å². The van der Waals surface area contributed by atoms with Gasteiger partial charge >= 0.3 is 0 Å². The third-order valence-electron chi connectivity index (χ3n) is 2.20. The summed E-state index contributed by atoms with van der Waals surface area (Å²) in [6.07, 6.45) is 0. The van der Waals surface area contributed by atoms with Crippen LogP contribution in [0.1, 0.15) is 15.9 Å². The number of hydrazine groups is 1. The molecule has 0 spiro atoms. The number of carbonyl (C=O) groups is 1. The fourth-order valence-electron chi connectivity index (χ4n) is 1.20. The molecule has 3 N–H and O–H groups in total. The second-order valence-corrected chi connectivity index (χ2v) is 4.10. The predicted octanol–water partition coefficient (Wildman–Crippen LogP) is 0.750. The van der Waals surface area contributed by atoms with E-state index in [4.69, 9.17) is 17.0 Å². The van der Waals surface area contributed by atoms with E-state index in [1.165, 1.54) is 0 Å². The molecule has 5 nitrogen and oxygen atoms in total. The number of methoxy groups -OCH3 is 1. The van der Waals surface area contributed by atoms with E-state index >= 15 is 0 Å². The summed E-state index contributed by atoms with van der Waals surface area (Å²) in [7, 11) is 1.61. The summed E-state index contributed by atoms with van der Waals surface area (Å²) < 4.78 is 4.86. The zero-order chi connectivity index (χ0) is 13.4. The molecule has 0 unspecified atom stereocenters. The van der Waals surface area contributed by atoms with Gasteiger partial charge in [-0.1, -0.05) is 17.7 Å². The van der Waals surface area contributed by atoms with Crippen molar-refractivity contribution in [3.63, 3.8) is 0 Å².